The highest BCUT2D eigenvalue weighted by atomic mass is 16.5. The van der Waals surface area contributed by atoms with E-state index in [1.165, 1.54) is 14.2 Å². The molecule has 2 aromatic rings. The van der Waals surface area contributed by atoms with E-state index in [-0.39, 0.29) is 36.7 Å². The minimum Gasteiger partial charge on any atom is -0.469 e. The van der Waals surface area contributed by atoms with Gasteiger partial charge >= 0.3 is 12.1 Å². The molecule has 0 saturated heterocycles. The number of amides is 3. The number of carbonyl (C=O) groups is 4. The first kappa shape index (κ1) is 35.1. The predicted molar refractivity (Wildman–Crippen MR) is 156 cm³/mol. The van der Waals surface area contributed by atoms with E-state index in [2.05, 4.69) is 20.7 Å². The van der Waals surface area contributed by atoms with Crippen LogP contribution >= 0.6 is 0 Å². The molecule has 0 radical (unpaired) electrons. The summed E-state index contributed by atoms with van der Waals surface area (Å²) in [7, 11) is 2.84. The first-order chi connectivity index (χ1) is 19.5. The maximum Gasteiger partial charge on any atom is 0.408 e. The third-order valence-corrected chi connectivity index (χ3v) is 5.89. The molecule has 226 valence electrons. The molecule has 3 amide bonds. The Balaban J connectivity index is 0.000000537. The van der Waals surface area contributed by atoms with Gasteiger partial charge in [-0.2, -0.15) is 0 Å². The molecule has 2 rings (SSSR count). The number of hydrogen-bond acceptors (Lipinski definition) is 7. The van der Waals surface area contributed by atoms with Crippen molar-refractivity contribution in [1.82, 2.24) is 16.0 Å². The van der Waals surface area contributed by atoms with Crippen LogP contribution < -0.4 is 16.0 Å². The summed E-state index contributed by atoms with van der Waals surface area (Å²) >= 11 is 0. The SMILES string of the molecule is CNC(=O)C(CC(C)C)NC(=O)C(CC(C)C)NC(=O)OCc1ccccc1.COC(=O)CC(O)c1ccccc1. The van der Waals surface area contributed by atoms with Gasteiger partial charge in [0.15, 0.2) is 0 Å². The van der Waals surface area contributed by atoms with Crippen LogP contribution in [0.1, 0.15) is 64.2 Å². The van der Waals surface area contributed by atoms with Crippen molar-refractivity contribution >= 4 is 23.9 Å². The maximum absolute atomic E-state index is 12.7. The number of likely N-dealkylation sites (N-methyl/N-ethyl adjacent to an activating group) is 1. The molecule has 3 atom stereocenters. The van der Waals surface area contributed by atoms with Gasteiger partial charge in [0.25, 0.3) is 0 Å². The van der Waals surface area contributed by atoms with Crippen molar-refractivity contribution in [1.29, 1.82) is 0 Å². The van der Waals surface area contributed by atoms with Crippen molar-refractivity contribution < 1.29 is 33.8 Å². The summed E-state index contributed by atoms with van der Waals surface area (Å²) in [4.78, 5) is 47.8. The third-order valence-electron chi connectivity index (χ3n) is 5.89. The molecule has 0 aliphatic carbocycles. The number of esters is 1. The fraction of sp³-hybridized carbons (Fsp3) is 0.484. The monoisotopic (exact) mass is 571 g/mol. The zero-order valence-corrected chi connectivity index (χ0v) is 24.9. The summed E-state index contributed by atoms with van der Waals surface area (Å²) in [6.45, 7) is 8.00. The lowest BCUT2D eigenvalue weighted by Crippen LogP contribution is -2.54. The Morgan fingerprint density at radius 1 is 0.780 bits per heavy atom. The molecule has 0 saturated carbocycles. The molecule has 0 spiro atoms. The number of carbonyl (C=O) groups excluding carboxylic acids is 4. The van der Waals surface area contributed by atoms with Gasteiger partial charge in [-0.05, 0) is 35.8 Å². The van der Waals surface area contributed by atoms with E-state index in [0.717, 1.165) is 11.1 Å². The quantitative estimate of drug-likeness (QED) is 0.267. The zero-order valence-electron chi connectivity index (χ0n) is 24.9. The number of ether oxygens (including phenoxy) is 2. The molecule has 0 aromatic heterocycles. The van der Waals surface area contributed by atoms with Crippen LogP contribution in [0.4, 0.5) is 4.79 Å². The van der Waals surface area contributed by atoms with Crippen LogP contribution in [-0.4, -0.2) is 55.2 Å². The van der Waals surface area contributed by atoms with E-state index >= 15 is 0 Å². The first-order valence-electron chi connectivity index (χ1n) is 13.8. The summed E-state index contributed by atoms with van der Waals surface area (Å²) < 4.78 is 9.66. The molecule has 3 unspecified atom stereocenters. The van der Waals surface area contributed by atoms with E-state index in [0.29, 0.717) is 12.8 Å². The second-order valence-electron chi connectivity index (χ2n) is 10.4. The van der Waals surface area contributed by atoms with Gasteiger partial charge in [0.05, 0.1) is 19.6 Å². The van der Waals surface area contributed by atoms with Crippen LogP contribution in [0.5, 0.6) is 0 Å². The molecule has 0 fully saturated rings. The molecule has 10 nitrogen and oxygen atoms in total. The lowest BCUT2D eigenvalue weighted by Gasteiger charge is -2.24. The summed E-state index contributed by atoms with van der Waals surface area (Å²) in [6.07, 6.45) is -0.480. The lowest BCUT2D eigenvalue weighted by atomic mass is 10.0. The number of aliphatic hydroxyl groups is 1. The van der Waals surface area contributed by atoms with Crippen molar-refractivity contribution in [2.24, 2.45) is 11.8 Å². The van der Waals surface area contributed by atoms with Gasteiger partial charge in [-0.25, -0.2) is 4.79 Å². The number of methoxy groups -OCH3 is 1. The van der Waals surface area contributed by atoms with Crippen LogP contribution in [-0.2, 0) is 30.5 Å². The molecule has 10 heteroatoms. The molecular formula is C31H45N3O7. The Morgan fingerprint density at radius 3 is 1.78 bits per heavy atom. The Hall–Kier alpha value is -3.92. The minimum atomic E-state index is -0.775. The molecule has 4 N–H and O–H groups in total. The second-order valence-corrected chi connectivity index (χ2v) is 10.4. The fourth-order valence-electron chi connectivity index (χ4n) is 3.79. The minimum absolute atomic E-state index is 0.000509. The summed E-state index contributed by atoms with van der Waals surface area (Å²) in [5, 5.41) is 17.5. The number of benzene rings is 2. The van der Waals surface area contributed by atoms with Crippen molar-refractivity contribution in [3.05, 3.63) is 71.8 Å². The van der Waals surface area contributed by atoms with E-state index in [4.69, 9.17) is 4.74 Å². The van der Waals surface area contributed by atoms with Gasteiger partial charge in [-0.1, -0.05) is 88.4 Å². The highest BCUT2D eigenvalue weighted by molar-refractivity contribution is 5.91. The zero-order chi connectivity index (χ0) is 30.8. The summed E-state index contributed by atoms with van der Waals surface area (Å²) in [5.74, 6) is -0.642. The van der Waals surface area contributed by atoms with Crippen molar-refractivity contribution in [2.75, 3.05) is 14.2 Å². The predicted octanol–water partition coefficient (Wildman–Crippen LogP) is 3.89. The molecule has 0 aliphatic heterocycles. The van der Waals surface area contributed by atoms with Gasteiger partial charge in [0.1, 0.15) is 18.7 Å². The average Bonchev–Trinajstić information content (AvgIpc) is 2.95. The molecule has 0 heterocycles. The highest BCUT2D eigenvalue weighted by Crippen LogP contribution is 2.16. The standard InChI is InChI=1S/C21H33N3O4.C10H12O3/c1-14(2)11-17(19(25)22-5)23-20(26)18(12-15(3)4)24-21(27)28-13-16-9-7-6-8-10-16;1-13-10(12)7-9(11)8-5-3-2-4-6-8/h6-10,14-15,17-18H,11-13H2,1-5H3,(H,22,25)(H,23,26)(H,24,27);2-6,9,11H,7H2,1H3. The molecule has 2 aromatic carbocycles. The number of alkyl carbamates (subject to hydrolysis) is 1. The van der Waals surface area contributed by atoms with E-state index < -0.39 is 30.3 Å². The maximum atomic E-state index is 12.7. The topological polar surface area (TPSA) is 143 Å². The fourth-order valence-corrected chi connectivity index (χ4v) is 3.79. The summed E-state index contributed by atoms with van der Waals surface area (Å²) in [5.41, 5.74) is 1.59. The van der Waals surface area contributed by atoms with Crippen LogP contribution in [0.3, 0.4) is 0 Å². The first-order valence-corrected chi connectivity index (χ1v) is 13.8. The normalized spacial score (nSPS) is 12.7. The molecule has 0 aliphatic rings. The summed E-state index contributed by atoms with van der Waals surface area (Å²) in [6, 6.07) is 16.9. The number of nitrogens with one attached hydrogen (secondary N) is 3. The Bertz CT molecular complexity index is 1060. The average molecular weight is 572 g/mol. The highest BCUT2D eigenvalue weighted by Gasteiger charge is 2.27. The molecular weight excluding hydrogens is 526 g/mol. The van der Waals surface area contributed by atoms with Crippen molar-refractivity contribution in [3.63, 3.8) is 0 Å². The van der Waals surface area contributed by atoms with Gasteiger partial charge in [-0.15, -0.1) is 0 Å². The van der Waals surface area contributed by atoms with Crippen LogP contribution in [0.25, 0.3) is 0 Å². The van der Waals surface area contributed by atoms with Crippen LogP contribution in [0.2, 0.25) is 0 Å². The van der Waals surface area contributed by atoms with Gasteiger partial charge in [0.2, 0.25) is 11.8 Å². The van der Waals surface area contributed by atoms with E-state index in [1.807, 2.05) is 76.2 Å². The third kappa shape index (κ3) is 14.9. The largest absolute Gasteiger partial charge is 0.469 e. The van der Waals surface area contributed by atoms with Crippen LogP contribution in [0.15, 0.2) is 60.7 Å². The number of rotatable bonds is 13. The van der Waals surface area contributed by atoms with E-state index in [1.54, 1.807) is 12.1 Å². The Kier molecular flexibility index (Phi) is 16.4. The molecule has 0 bridgehead atoms. The van der Waals surface area contributed by atoms with Crippen molar-refractivity contribution in [2.45, 2.75) is 71.8 Å². The van der Waals surface area contributed by atoms with Gasteiger partial charge in [0, 0.05) is 7.05 Å². The Morgan fingerprint density at radius 2 is 1.29 bits per heavy atom. The Labute approximate surface area is 243 Å². The smallest absolute Gasteiger partial charge is 0.408 e. The number of hydrogen-bond donors (Lipinski definition) is 4. The van der Waals surface area contributed by atoms with Gasteiger partial charge in [-0.3, -0.25) is 14.4 Å². The number of aliphatic hydroxyl groups excluding tert-OH is 1. The van der Waals surface area contributed by atoms with E-state index in [9.17, 15) is 24.3 Å². The lowest BCUT2D eigenvalue weighted by molar-refractivity contribution is -0.142. The molecule has 41 heavy (non-hydrogen) atoms. The van der Waals surface area contributed by atoms with Crippen molar-refractivity contribution in [3.8, 4) is 0 Å². The van der Waals surface area contributed by atoms with Crippen LogP contribution in [0, 0.1) is 11.8 Å². The van der Waals surface area contributed by atoms with Gasteiger partial charge < -0.3 is 30.5 Å². The second kappa shape index (κ2) is 19.2.